The largest absolute Gasteiger partial charge is 0.491 e. The summed E-state index contributed by atoms with van der Waals surface area (Å²) in [6.07, 6.45) is 1.62. The summed E-state index contributed by atoms with van der Waals surface area (Å²) in [5, 5.41) is 2.33. The monoisotopic (exact) mass is 334 g/mol. The van der Waals surface area contributed by atoms with Gasteiger partial charge in [0, 0.05) is 6.54 Å². The molecule has 1 aliphatic rings. The van der Waals surface area contributed by atoms with Crippen LogP contribution in [-0.4, -0.2) is 40.9 Å². The molecule has 2 rings (SSSR count). The van der Waals surface area contributed by atoms with Crippen LogP contribution in [-0.2, 0) is 4.74 Å². The zero-order chi connectivity index (χ0) is 16.9. The van der Waals surface area contributed by atoms with Crippen LogP contribution in [0.2, 0.25) is 0 Å². The van der Waals surface area contributed by atoms with Crippen molar-refractivity contribution in [1.29, 1.82) is 0 Å². The molecule has 23 heavy (non-hydrogen) atoms. The summed E-state index contributed by atoms with van der Waals surface area (Å²) >= 11 is 4.57. The van der Waals surface area contributed by atoms with Gasteiger partial charge in [-0.2, -0.15) is 4.99 Å². The van der Waals surface area contributed by atoms with Gasteiger partial charge in [0.2, 0.25) is 0 Å². The highest BCUT2D eigenvalue weighted by molar-refractivity contribution is 7.78. The predicted octanol–water partition coefficient (Wildman–Crippen LogP) is 4.20. The third-order valence-electron chi connectivity index (χ3n) is 3.46. The molecule has 0 aliphatic carbocycles. The number of carbonyl (C=O) groups excluding carboxylic acids is 1. The van der Waals surface area contributed by atoms with E-state index in [0.29, 0.717) is 13.2 Å². The Balaban J connectivity index is 1.91. The Morgan fingerprint density at radius 1 is 1.39 bits per heavy atom. The molecule has 1 aromatic rings. The van der Waals surface area contributed by atoms with Crippen LogP contribution < -0.4 is 4.74 Å². The number of isothiocyanates is 1. The Kier molecular flexibility index (Phi) is 5.74. The normalized spacial score (nSPS) is 17.5. The van der Waals surface area contributed by atoms with Crippen molar-refractivity contribution < 1.29 is 14.3 Å². The maximum Gasteiger partial charge on any atom is 0.410 e. The van der Waals surface area contributed by atoms with Gasteiger partial charge in [-0.05, 0) is 70.1 Å². The van der Waals surface area contributed by atoms with Crippen molar-refractivity contribution in [2.24, 2.45) is 4.99 Å². The van der Waals surface area contributed by atoms with Crippen LogP contribution in [0.15, 0.2) is 29.3 Å². The summed E-state index contributed by atoms with van der Waals surface area (Å²) in [6.45, 7) is 6.78. The number of likely N-dealkylation sites (tertiary alicyclic amines) is 1. The van der Waals surface area contributed by atoms with Gasteiger partial charge in [0.1, 0.15) is 18.0 Å². The fourth-order valence-electron chi connectivity index (χ4n) is 2.43. The molecule has 124 valence electrons. The van der Waals surface area contributed by atoms with Crippen molar-refractivity contribution in [3.05, 3.63) is 24.3 Å². The molecule has 0 radical (unpaired) electrons. The number of nitrogens with zero attached hydrogens (tertiary/aromatic N) is 2. The smallest absolute Gasteiger partial charge is 0.410 e. The van der Waals surface area contributed by atoms with E-state index >= 15 is 0 Å². The summed E-state index contributed by atoms with van der Waals surface area (Å²) in [5.41, 5.74) is 0.256. The molecule has 0 N–H and O–H groups in total. The third-order valence-corrected chi connectivity index (χ3v) is 3.55. The van der Waals surface area contributed by atoms with Crippen molar-refractivity contribution in [2.45, 2.75) is 45.3 Å². The average Bonchev–Trinajstić information content (AvgIpc) is 2.94. The van der Waals surface area contributed by atoms with Gasteiger partial charge in [0.15, 0.2) is 0 Å². The zero-order valence-corrected chi connectivity index (χ0v) is 14.6. The molecule has 0 bridgehead atoms. The van der Waals surface area contributed by atoms with Crippen LogP contribution in [0.4, 0.5) is 10.5 Å². The Labute approximate surface area is 142 Å². The highest BCUT2D eigenvalue weighted by atomic mass is 32.1. The fourth-order valence-corrected chi connectivity index (χ4v) is 2.54. The number of hydrogen-bond acceptors (Lipinski definition) is 5. The van der Waals surface area contributed by atoms with E-state index in [-0.39, 0.29) is 12.1 Å². The summed E-state index contributed by atoms with van der Waals surface area (Å²) < 4.78 is 11.2. The molecule has 6 heteroatoms. The summed E-state index contributed by atoms with van der Waals surface area (Å²) in [7, 11) is 0. The third kappa shape index (κ3) is 5.34. The van der Waals surface area contributed by atoms with Gasteiger partial charge < -0.3 is 14.4 Å². The highest BCUT2D eigenvalue weighted by Crippen LogP contribution is 2.23. The minimum atomic E-state index is -0.483. The van der Waals surface area contributed by atoms with Crippen LogP contribution in [0.1, 0.15) is 33.6 Å². The number of carbonyl (C=O) groups is 1. The SMILES string of the molecule is CC(C)(C)OC(=O)N1CCCC1COc1ccc(N=C=S)cc1. The Morgan fingerprint density at radius 2 is 2.09 bits per heavy atom. The minimum absolute atomic E-state index is 0.0449. The van der Waals surface area contributed by atoms with E-state index in [9.17, 15) is 4.79 Å². The molecule has 1 atom stereocenters. The van der Waals surface area contributed by atoms with Crippen LogP contribution in [0.25, 0.3) is 0 Å². The maximum atomic E-state index is 12.2. The quantitative estimate of drug-likeness (QED) is 0.612. The molecular formula is C17H22N2O3S. The summed E-state index contributed by atoms with van der Waals surface area (Å²) in [4.78, 5) is 17.9. The molecule has 0 saturated carbocycles. The molecule has 5 nitrogen and oxygen atoms in total. The zero-order valence-electron chi connectivity index (χ0n) is 13.7. The van der Waals surface area contributed by atoms with E-state index in [1.54, 1.807) is 4.90 Å². The number of thiocarbonyl (C=S) groups is 1. The van der Waals surface area contributed by atoms with E-state index < -0.39 is 5.60 Å². The first-order valence-corrected chi connectivity index (χ1v) is 8.10. The lowest BCUT2D eigenvalue weighted by molar-refractivity contribution is 0.0187. The fraction of sp³-hybridized carbons (Fsp3) is 0.529. The van der Waals surface area contributed by atoms with Crippen LogP contribution in [0, 0.1) is 0 Å². The van der Waals surface area contributed by atoms with Crippen molar-refractivity contribution in [3.8, 4) is 5.75 Å². The average molecular weight is 334 g/mol. The second-order valence-corrected chi connectivity index (χ2v) is 6.66. The molecule has 1 amide bonds. The topological polar surface area (TPSA) is 51.1 Å². The van der Waals surface area contributed by atoms with Crippen molar-refractivity contribution >= 4 is 29.2 Å². The molecule has 1 aliphatic heterocycles. The second kappa shape index (κ2) is 7.57. The van der Waals surface area contributed by atoms with Gasteiger partial charge in [0.05, 0.1) is 16.9 Å². The van der Waals surface area contributed by atoms with E-state index in [0.717, 1.165) is 24.3 Å². The summed E-state index contributed by atoms with van der Waals surface area (Å²) in [6, 6.07) is 7.34. The lowest BCUT2D eigenvalue weighted by Crippen LogP contribution is -2.42. The highest BCUT2D eigenvalue weighted by Gasteiger charge is 2.32. The van der Waals surface area contributed by atoms with Gasteiger partial charge in [-0.25, -0.2) is 4.79 Å². The number of rotatable bonds is 4. The first-order valence-electron chi connectivity index (χ1n) is 7.69. The Bertz CT molecular complexity index is 589. The van der Waals surface area contributed by atoms with E-state index in [1.165, 1.54) is 0 Å². The molecule has 1 heterocycles. The van der Waals surface area contributed by atoms with Crippen molar-refractivity contribution in [3.63, 3.8) is 0 Å². The number of hydrogen-bond donors (Lipinski definition) is 0. The predicted molar refractivity (Wildman–Crippen MR) is 92.6 cm³/mol. The minimum Gasteiger partial charge on any atom is -0.491 e. The Morgan fingerprint density at radius 3 is 2.70 bits per heavy atom. The van der Waals surface area contributed by atoms with Crippen molar-refractivity contribution in [2.75, 3.05) is 13.2 Å². The second-order valence-electron chi connectivity index (χ2n) is 6.48. The molecule has 1 unspecified atom stereocenters. The number of aliphatic imine (C=N–C) groups is 1. The van der Waals surface area contributed by atoms with Gasteiger partial charge in [0.25, 0.3) is 0 Å². The van der Waals surface area contributed by atoms with Gasteiger partial charge in [-0.15, -0.1) is 0 Å². The van der Waals surface area contributed by atoms with Gasteiger partial charge >= 0.3 is 6.09 Å². The molecule has 0 aromatic heterocycles. The van der Waals surface area contributed by atoms with E-state index in [4.69, 9.17) is 9.47 Å². The number of ether oxygens (including phenoxy) is 2. The number of benzene rings is 1. The lowest BCUT2D eigenvalue weighted by atomic mass is 10.2. The molecular weight excluding hydrogens is 312 g/mol. The first-order chi connectivity index (χ1) is 10.9. The lowest BCUT2D eigenvalue weighted by Gasteiger charge is -2.28. The van der Waals surface area contributed by atoms with Crippen LogP contribution in [0.3, 0.4) is 0 Å². The van der Waals surface area contributed by atoms with E-state index in [1.807, 2.05) is 45.0 Å². The number of amides is 1. The first kappa shape index (κ1) is 17.4. The van der Waals surface area contributed by atoms with Crippen LogP contribution in [0.5, 0.6) is 5.75 Å². The maximum absolute atomic E-state index is 12.2. The van der Waals surface area contributed by atoms with Crippen molar-refractivity contribution in [1.82, 2.24) is 4.90 Å². The standard InChI is InChI=1S/C17H22N2O3S/c1-17(2,3)22-16(20)19-10-4-5-14(19)11-21-15-8-6-13(7-9-15)18-12-23/h6-9,14H,4-5,10-11H2,1-3H3. The van der Waals surface area contributed by atoms with Gasteiger partial charge in [-0.3, -0.25) is 0 Å². The molecule has 1 aromatic carbocycles. The summed E-state index contributed by atoms with van der Waals surface area (Å²) in [5.74, 6) is 0.740. The molecule has 1 fully saturated rings. The van der Waals surface area contributed by atoms with Gasteiger partial charge in [-0.1, -0.05) is 0 Å². The molecule has 0 spiro atoms. The van der Waals surface area contributed by atoms with Crippen LogP contribution >= 0.6 is 12.2 Å². The van der Waals surface area contributed by atoms with E-state index in [2.05, 4.69) is 22.4 Å². The molecule has 1 saturated heterocycles. The Hall–Kier alpha value is -1.91.